The van der Waals surface area contributed by atoms with Crippen molar-refractivity contribution in [3.8, 4) is 0 Å². The van der Waals surface area contributed by atoms with Gasteiger partial charge >= 0.3 is 0 Å². The molecule has 4 heteroatoms. The summed E-state index contributed by atoms with van der Waals surface area (Å²) in [6.07, 6.45) is 6.87. The van der Waals surface area contributed by atoms with Crippen LogP contribution in [0.3, 0.4) is 0 Å². The number of carbonyl (C=O) groups is 1. The number of Topliss-reactive ketones (excluding diaryl/α,β-unsaturated/α-hetero) is 1. The van der Waals surface area contributed by atoms with Gasteiger partial charge in [-0.3, -0.25) is 4.79 Å². The Hall–Kier alpha value is -1.16. The van der Waals surface area contributed by atoms with E-state index in [9.17, 15) is 4.79 Å². The first-order chi connectivity index (χ1) is 9.79. The first-order valence-electron chi connectivity index (χ1n) is 8.02. The molecule has 0 spiro atoms. The fourth-order valence-electron chi connectivity index (χ4n) is 5.73. The van der Waals surface area contributed by atoms with Gasteiger partial charge in [-0.25, -0.2) is 0 Å². The van der Waals surface area contributed by atoms with E-state index in [0.717, 1.165) is 40.7 Å². The molecule has 0 amide bonds. The number of hydrogen-bond donors (Lipinski definition) is 1. The van der Waals surface area contributed by atoms with Crippen molar-refractivity contribution in [1.29, 1.82) is 0 Å². The Kier molecular flexibility index (Phi) is 2.26. The maximum absolute atomic E-state index is 12.2. The molecule has 1 aromatic rings. The molecule has 1 N–H and O–H groups in total. The van der Waals surface area contributed by atoms with Gasteiger partial charge in [-0.15, -0.1) is 0 Å². The fourth-order valence-corrected chi connectivity index (χ4v) is 5.73. The summed E-state index contributed by atoms with van der Waals surface area (Å²) >= 11 is 0. The van der Waals surface area contributed by atoms with E-state index in [2.05, 4.69) is 10.5 Å². The molecule has 6 rings (SSSR count). The van der Waals surface area contributed by atoms with Crippen LogP contribution in [-0.4, -0.2) is 17.5 Å². The zero-order valence-corrected chi connectivity index (χ0v) is 11.6. The molecule has 0 unspecified atom stereocenters. The number of rotatable bonds is 1. The van der Waals surface area contributed by atoms with E-state index in [-0.39, 0.29) is 5.78 Å². The van der Waals surface area contributed by atoms with Crippen molar-refractivity contribution in [1.82, 2.24) is 10.5 Å². The monoisotopic (exact) mass is 272 g/mol. The minimum absolute atomic E-state index is 0.177. The topological polar surface area (TPSA) is 55.1 Å². The summed E-state index contributed by atoms with van der Waals surface area (Å²) in [5.41, 5.74) is 1.85. The summed E-state index contributed by atoms with van der Waals surface area (Å²) in [5.74, 6) is 4.85. The summed E-state index contributed by atoms with van der Waals surface area (Å²) in [6, 6.07) is 0. The summed E-state index contributed by atoms with van der Waals surface area (Å²) < 4.78 is 5.48. The highest BCUT2D eigenvalue weighted by atomic mass is 16.5. The highest BCUT2D eigenvalue weighted by Crippen LogP contribution is 2.60. The third-order valence-corrected chi connectivity index (χ3v) is 6.18. The van der Waals surface area contributed by atoms with Crippen LogP contribution in [-0.2, 0) is 6.54 Å². The molecule has 1 aromatic heterocycles. The molecule has 2 heterocycles. The van der Waals surface area contributed by atoms with Gasteiger partial charge in [-0.2, -0.15) is 0 Å². The minimum atomic E-state index is 0.177. The molecule has 4 aliphatic carbocycles. The lowest BCUT2D eigenvalue weighted by molar-refractivity contribution is -0.00522. The Labute approximate surface area is 118 Å². The normalized spacial score (nSPS) is 42.0. The first kappa shape index (κ1) is 11.5. The quantitative estimate of drug-likeness (QED) is 0.853. The molecule has 4 saturated carbocycles. The second kappa shape index (κ2) is 3.94. The Bertz CT molecular complexity index is 549. The Morgan fingerprint density at radius 1 is 1.00 bits per heavy atom. The van der Waals surface area contributed by atoms with Crippen LogP contribution in [0.5, 0.6) is 0 Å². The second-order valence-corrected chi connectivity index (χ2v) is 7.35. The van der Waals surface area contributed by atoms with Crippen LogP contribution in [0.1, 0.15) is 59.8 Å². The fraction of sp³-hybridized carbons (Fsp3) is 0.750. The lowest BCUT2D eigenvalue weighted by Gasteiger charge is -2.54. The van der Waals surface area contributed by atoms with Crippen LogP contribution in [0.15, 0.2) is 4.52 Å². The number of aromatic nitrogens is 1. The predicted molar refractivity (Wildman–Crippen MR) is 72.3 cm³/mol. The van der Waals surface area contributed by atoms with Crippen LogP contribution in [0.4, 0.5) is 0 Å². The molecule has 5 aliphatic rings. The van der Waals surface area contributed by atoms with Gasteiger partial charge in [0.15, 0.2) is 11.5 Å². The number of hydrogen-bond acceptors (Lipinski definition) is 4. The molecule has 4 nitrogen and oxygen atoms in total. The van der Waals surface area contributed by atoms with Crippen LogP contribution in [0, 0.1) is 23.7 Å². The number of nitrogens with one attached hydrogen (secondary N) is 1. The molecule has 1 aliphatic heterocycles. The molecule has 0 radical (unpaired) electrons. The highest BCUT2D eigenvalue weighted by Gasteiger charge is 2.50. The van der Waals surface area contributed by atoms with E-state index in [1.807, 2.05) is 0 Å². The standard InChI is InChI=1S/C16H20N2O2/c19-12-6-17-7-13-15(12)16(18-20-13)14-10-2-8-1-9(4-10)5-11(14)3-8/h8-11,14,17H,1-7H2. The van der Waals surface area contributed by atoms with Crippen LogP contribution in [0.2, 0.25) is 0 Å². The van der Waals surface area contributed by atoms with Gasteiger partial charge in [0.2, 0.25) is 0 Å². The number of fused-ring (bicyclic) bond motifs is 1. The van der Waals surface area contributed by atoms with Crippen molar-refractivity contribution in [3.05, 3.63) is 17.0 Å². The maximum Gasteiger partial charge on any atom is 0.182 e. The van der Waals surface area contributed by atoms with E-state index >= 15 is 0 Å². The molecule has 106 valence electrons. The van der Waals surface area contributed by atoms with Gasteiger partial charge in [0.25, 0.3) is 0 Å². The molecule has 4 bridgehead atoms. The number of nitrogens with zero attached hydrogens (tertiary/aromatic N) is 1. The van der Waals surface area contributed by atoms with Crippen molar-refractivity contribution in [2.45, 2.75) is 44.6 Å². The zero-order chi connectivity index (χ0) is 13.3. The van der Waals surface area contributed by atoms with E-state index < -0.39 is 0 Å². The van der Waals surface area contributed by atoms with Gasteiger partial charge in [-0.1, -0.05) is 5.16 Å². The first-order valence-corrected chi connectivity index (χ1v) is 8.02. The summed E-state index contributed by atoms with van der Waals surface area (Å²) in [7, 11) is 0. The number of ketones is 1. The molecule has 0 aromatic carbocycles. The number of carbonyl (C=O) groups excluding carboxylic acids is 1. The second-order valence-electron chi connectivity index (χ2n) is 7.35. The van der Waals surface area contributed by atoms with Crippen molar-refractivity contribution >= 4 is 5.78 Å². The van der Waals surface area contributed by atoms with E-state index in [1.165, 1.54) is 32.1 Å². The molecular weight excluding hydrogens is 252 g/mol. The van der Waals surface area contributed by atoms with Crippen LogP contribution in [0.25, 0.3) is 0 Å². The van der Waals surface area contributed by atoms with Gasteiger partial charge < -0.3 is 9.84 Å². The Balaban J connectivity index is 1.57. The lowest BCUT2D eigenvalue weighted by Crippen LogP contribution is -2.44. The third-order valence-electron chi connectivity index (χ3n) is 6.18. The summed E-state index contributed by atoms with van der Waals surface area (Å²) in [6.45, 7) is 1.09. The smallest absolute Gasteiger partial charge is 0.182 e. The minimum Gasteiger partial charge on any atom is -0.359 e. The van der Waals surface area contributed by atoms with E-state index in [0.29, 0.717) is 19.0 Å². The zero-order valence-electron chi connectivity index (χ0n) is 11.6. The van der Waals surface area contributed by atoms with Crippen molar-refractivity contribution in [2.75, 3.05) is 6.54 Å². The molecule has 4 fully saturated rings. The molecule has 20 heavy (non-hydrogen) atoms. The average Bonchev–Trinajstić information content (AvgIpc) is 2.83. The Morgan fingerprint density at radius 3 is 2.40 bits per heavy atom. The molecule has 0 saturated heterocycles. The summed E-state index contributed by atoms with van der Waals surface area (Å²) in [4.78, 5) is 12.2. The third kappa shape index (κ3) is 1.46. The van der Waals surface area contributed by atoms with Gasteiger partial charge in [0.05, 0.1) is 24.3 Å². The van der Waals surface area contributed by atoms with Crippen LogP contribution < -0.4 is 5.32 Å². The molecular formula is C16H20N2O2. The largest absolute Gasteiger partial charge is 0.359 e. The van der Waals surface area contributed by atoms with Gasteiger partial charge in [0, 0.05) is 5.92 Å². The Morgan fingerprint density at radius 2 is 1.70 bits per heavy atom. The molecule has 0 atom stereocenters. The van der Waals surface area contributed by atoms with Gasteiger partial charge in [-0.05, 0) is 55.8 Å². The van der Waals surface area contributed by atoms with Crippen molar-refractivity contribution in [3.63, 3.8) is 0 Å². The van der Waals surface area contributed by atoms with E-state index in [1.54, 1.807) is 0 Å². The van der Waals surface area contributed by atoms with Gasteiger partial charge in [0.1, 0.15) is 0 Å². The van der Waals surface area contributed by atoms with Crippen molar-refractivity contribution in [2.24, 2.45) is 23.7 Å². The SMILES string of the molecule is O=C1CNCc2onc(C3C4CC5CC(C4)CC3C5)c21. The predicted octanol–water partition coefficient (Wildman–Crippen LogP) is 2.50. The van der Waals surface area contributed by atoms with Crippen molar-refractivity contribution < 1.29 is 9.32 Å². The average molecular weight is 272 g/mol. The highest BCUT2D eigenvalue weighted by molar-refractivity contribution is 6.00. The summed E-state index contributed by atoms with van der Waals surface area (Å²) in [5, 5.41) is 7.45. The van der Waals surface area contributed by atoms with Crippen LogP contribution >= 0.6 is 0 Å². The van der Waals surface area contributed by atoms with E-state index in [4.69, 9.17) is 4.52 Å². The maximum atomic E-state index is 12.2. The lowest BCUT2D eigenvalue weighted by atomic mass is 9.51.